The van der Waals surface area contributed by atoms with E-state index in [1.54, 1.807) is 24.3 Å². The second-order valence-electron chi connectivity index (χ2n) is 7.25. The Bertz CT molecular complexity index is 1060. The molecule has 0 saturated heterocycles. The summed E-state index contributed by atoms with van der Waals surface area (Å²) in [6.07, 6.45) is 0. The quantitative estimate of drug-likeness (QED) is 0.791. The lowest BCUT2D eigenvalue weighted by molar-refractivity contribution is -0.128. The summed E-state index contributed by atoms with van der Waals surface area (Å²) in [5.41, 5.74) is 2.62. The molecule has 2 aromatic rings. The first-order valence-electron chi connectivity index (χ1n) is 9.38. The highest BCUT2D eigenvalue weighted by molar-refractivity contribution is 7.99. The fourth-order valence-electron chi connectivity index (χ4n) is 3.28. The number of rotatable bonds is 6. The van der Waals surface area contributed by atoms with Crippen molar-refractivity contribution in [2.24, 2.45) is 0 Å². The second-order valence-corrected chi connectivity index (χ2v) is 9.05. The molecule has 1 N–H and O–H groups in total. The van der Waals surface area contributed by atoms with Crippen LogP contribution >= 0.6 is 0 Å². The summed E-state index contributed by atoms with van der Waals surface area (Å²) in [5, 5.41) is 2.73. The maximum Gasteiger partial charge on any atom is 0.268 e. The van der Waals surface area contributed by atoms with Crippen LogP contribution in [0.3, 0.4) is 0 Å². The number of benzene rings is 2. The molecule has 3 rings (SSSR count). The number of carbonyl (C=O) groups is 2. The van der Waals surface area contributed by atoms with Crippen molar-refractivity contribution < 1.29 is 18.0 Å². The molecular formula is C22H24N2O4S. The largest absolute Gasteiger partial charge is 0.354 e. The molecule has 2 amide bonds. The molecule has 0 spiro atoms. The standard InChI is InChI=1S/C22H24N2O4S/c1-15-9-11-19(12-10-15)21-17(3)22(26)24(29(21,27)28)14-20(25)23-13-16(2)18-7-5-4-6-8-18/h4-12,16H,13-14H2,1-3H3,(H,23,25)/t16-/m0/s1. The lowest BCUT2D eigenvalue weighted by Gasteiger charge is -2.18. The average molecular weight is 413 g/mol. The van der Waals surface area contributed by atoms with Crippen LogP contribution in [-0.2, 0) is 19.6 Å². The number of carbonyl (C=O) groups excluding carboxylic acids is 2. The Morgan fingerprint density at radius 3 is 2.28 bits per heavy atom. The number of nitrogens with zero attached hydrogens (tertiary/aromatic N) is 1. The van der Waals surface area contributed by atoms with Gasteiger partial charge in [0.1, 0.15) is 11.4 Å². The Balaban J connectivity index is 1.71. The Kier molecular flexibility index (Phi) is 5.88. The minimum Gasteiger partial charge on any atom is -0.354 e. The number of amides is 2. The van der Waals surface area contributed by atoms with Gasteiger partial charge in [0.15, 0.2) is 0 Å². The average Bonchev–Trinajstić information content (AvgIpc) is 2.87. The fourth-order valence-corrected chi connectivity index (χ4v) is 5.05. The molecule has 152 valence electrons. The zero-order chi connectivity index (χ0) is 21.2. The Morgan fingerprint density at radius 2 is 1.66 bits per heavy atom. The second kappa shape index (κ2) is 8.21. The summed E-state index contributed by atoms with van der Waals surface area (Å²) < 4.78 is 26.6. The van der Waals surface area contributed by atoms with E-state index in [9.17, 15) is 18.0 Å². The van der Waals surface area contributed by atoms with E-state index in [0.29, 0.717) is 16.4 Å². The first kappa shape index (κ1) is 20.8. The zero-order valence-electron chi connectivity index (χ0n) is 16.7. The van der Waals surface area contributed by atoms with Crippen LogP contribution in [0.15, 0.2) is 60.2 Å². The van der Waals surface area contributed by atoms with Gasteiger partial charge in [0.25, 0.3) is 15.9 Å². The van der Waals surface area contributed by atoms with Crippen LogP contribution in [0.1, 0.15) is 36.5 Å². The van der Waals surface area contributed by atoms with E-state index in [1.807, 2.05) is 44.2 Å². The highest BCUT2D eigenvalue weighted by Gasteiger charge is 2.43. The molecule has 1 aliphatic heterocycles. The van der Waals surface area contributed by atoms with Crippen LogP contribution in [0.5, 0.6) is 0 Å². The number of hydrogen-bond donors (Lipinski definition) is 1. The van der Waals surface area contributed by atoms with Gasteiger partial charge in [0.05, 0.1) is 0 Å². The molecule has 0 fully saturated rings. The van der Waals surface area contributed by atoms with Gasteiger partial charge < -0.3 is 5.32 Å². The lowest BCUT2D eigenvalue weighted by atomic mass is 10.0. The predicted molar refractivity (Wildman–Crippen MR) is 112 cm³/mol. The SMILES string of the molecule is CC1=C(c2ccc(C)cc2)S(=O)(=O)N(CC(=O)NC[C@H](C)c2ccccc2)C1=O. The molecule has 1 heterocycles. The summed E-state index contributed by atoms with van der Waals surface area (Å²) in [5.74, 6) is -1.11. The van der Waals surface area contributed by atoms with Gasteiger partial charge in [-0.3, -0.25) is 9.59 Å². The molecule has 29 heavy (non-hydrogen) atoms. The van der Waals surface area contributed by atoms with Crippen molar-refractivity contribution >= 4 is 26.7 Å². The van der Waals surface area contributed by atoms with Crippen LogP contribution in [0, 0.1) is 6.92 Å². The summed E-state index contributed by atoms with van der Waals surface area (Å²) in [4.78, 5) is 24.9. The Morgan fingerprint density at radius 1 is 1.03 bits per heavy atom. The van der Waals surface area contributed by atoms with E-state index >= 15 is 0 Å². The third-order valence-corrected chi connectivity index (χ3v) is 6.94. The third kappa shape index (κ3) is 4.24. The molecule has 0 unspecified atom stereocenters. The van der Waals surface area contributed by atoms with Crippen molar-refractivity contribution in [2.45, 2.75) is 26.7 Å². The highest BCUT2D eigenvalue weighted by Crippen LogP contribution is 2.35. The summed E-state index contributed by atoms with van der Waals surface area (Å²) in [7, 11) is -4.08. The molecule has 0 bridgehead atoms. The van der Waals surface area contributed by atoms with E-state index in [2.05, 4.69) is 5.32 Å². The molecule has 0 radical (unpaired) electrons. The van der Waals surface area contributed by atoms with Gasteiger partial charge >= 0.3 is 0 Å². The van der Waals surface area contributed by atoms with Crippen molar-refractivity contribution in [1.29, 1.82) is 0 Å². The van der Waals surface area contributed by atoms with E-state index in [1.165, 1.54) is 6.92 Å². The van der Waals surface area contributed by atoms with Gasteiger partial charge in [0.2, 0.25) is 5.91 Å². The fraction of sp³-hybridized carbons (Fsp3) is 0.273. The van der Waals surface area contributed by atoms with Gasteiger partial charge in [0, 0.05) is 12.1 Å². The Labute approximate surface area is 171 Å². The van der Waals surface area contributed by atoms with Crippen LogP contribution in [0.2, 0.25) is 0 Å². The van der Waals surface area contributed by atoms with Crippen LogP contribution in [-0.4, -0.2) is 37.6 Å². The van der Waals surface area contributed by atoms with Crippen LogP contribution in [0.25, 0.3) is 4.91 Å². The lowest BCUT2D eigenvalue weighted by Crippen LogP contribution is -2.41. The number of nitrogens with one attached hydrogen (secondary N) is 1. The number of hydrogen-bond acceptors (Lipinski definition) is 4. The normalized spacial score (nSPS) is 16.8. The zero-order valence-corrected chi connectivity index (χ0v) is 17.5. The molecule has 0 saturated carbocycles. The summed E-state index contributed by atoms with van der Waals surface area (Å²) in [6.45, 7) is 5.16. The molecule has 6 nitrogen and oxygen atoms in total. The summed E-state index contributed by atoms with van der Waals surface area (Å²) in [6, 6.07) is 16.6. The van der Waals surface area contributed by atoms with Crippen molar-refractivity contribution in [3.63, 3.8) is 0 Å². The highest BCUT2D eigenvalue weighted by atomic mass is 32.2. The molecule has 1 atom stereocenters. The van der Waals surface area contributed by atoms with Gasteiger partial charge in [-0.25, -0.2) is 12.7 Å². The summed E-state index contributed by atoms with van der Waals surface area (Å²) >= 11 is 0. The van der Waals surface area contributed by atoms with E-state index in [-0.39, 0.29) is 16.4 Å². The van der Waals surface area contributed by atoms with E-state index < -0.39 is 28.4 Å². The van der Waals surface area contributed by atoms with Crippen molar-refractivity contribution in [3.05, 3.63) is 76.9 Å². The predicted octanol–water partition coefficient (Wildman–Crippen LogP) is 2.82. The first-order valence-corrected chi connectivity index (χ1v) is 10.8. The van der Waals surface area contributed by atoms with E-state index in [0.717, 1.165) is 11.1 Å². The van der Waals surface area contributed by atoms with Gasteiger partial charge in [-0.15, -0.1) is 0 Å². The van der Waals surface area contributed by atoms with Crippen molar-refractivity contribution in [2.75, 3.05) is 13.1 Å². The maximum atomic E-state index is 13.0. The molecular weight excluding hydrogens is 388 g/mol. The van der Waals surface area contributed by atoms with Crippen molar-refractivity contribution in [3.8, 4) is 0 Å². The monoisotopic (exact) mass is 412 g/mol. The first-order chi connectivity index (χ1) is 13.7. The Hall–Kier alpha value is -2.93. The molecule has 0 aliphatic carbocycles. The van der Waals surface area contributed by atoms with Crippen LogP contribution in [0.4, 0.5) is 0 Å². The van der Waals surface area contributed by atoms with Gasteiger partial charge in [-0.2, -0.15) is 0 Å². The minimum atomic E-state index is -4.08. The van der Waals surface area contributed by atoms with Gasteiger partial charge in [-0.1, -0.05) is 67.1 Å². The number of aryl methyl sites for hydroxylation is 1. The molecule has 7 heteroatoms. The molecule has 1 aliphatic rings. The maximum absolute atomic E-state index is 13.0. The smallest absolute Gasteiger partial charge is 0.268 e. The molecule has 0 aromatic heterocycles. The van der Waals surface area contributed by atoms with Crippen molar-refractivity contribution in [1.82, 2.24) is 9.62 Å². The molecule has 2 aromatic carbocycles. The van der Waals surface area contributed by atoms with Crippen LogP contribution < -0.4 is 5.32 Å². The third-order valence-electron chi connectivity index (χ3n) is 5.01. The van der Waals surface area contributed by atoms with E-state index in [4.69, 9.17) is 0 Å². The van der Waals surface area contributed by atoms with Gasteiger partial charge in [-0.05, 0) is 30.9 Å². The number of sulfonamides is 1. The minimum absolute atomic E-state index is 0.0343. The topological polar surface area (TPSA) is 83.6 Å².